The van der Waals surface area contributed by atoms with Gasteiger partial charge in [0.25, 0.3) is 0 Å². The third kappa shape index (κ3) is 7.02. The highest BCUT2D eigenvalue weighted by Gasteiger charge is 2.31. The third-order valence-electron chi connectivity index (χ3n) is 5.16. The molecule has 0 aliphatic heterocycles. The van der Waals surface area contributed by atoms with Gasteiger partial charge in [0.2, 0.25) is 5.91 Å². The van der Waals surface area contributed by atoms with Gasteiger partial charge in [0.05, 0.1) is 6.04 Å². The van der Waals surface area contributed by atoms with E-state index in [2.05, 4.69) is 34.5 Å². The van der Waals surface area contributed by atoms with E-state index in [1.165, 1.54) is 6.92 Å². The number of benzene rings is 2. The lowest BCUT2D eigenvalue weighted by atomic mass is 10.0. The zero-order chi connectivity index (χ0) is 20.6. The third-order valence-corrected chi connectivity index (χ3v) is 5.16. The lowest BCUT2D eigenvalue weighted by Crippen LogP contribution is -2.46. The maximum Gasteiger partial charge on any atom is 0.302 e. The standard InChI is InChI=1S/C24H30N2O3/c1-18(29-19(2)27)23(15-24(28)25-22-13-14-22)26(16-20-9-5-3-6-10-20)17-21-11-7-4-8-12-21/h3-12,18,22-23H,13-17H2,1-2H3,(H,25,28)/t18-,23+/m0/s1. The second-order valence-corrected chi connectivity index (χ2v) is 7.80. The number of esters is 1. The molecule has 5 heteroatoms. The molecule has 1 amide bonds. The molecule has 0 saturated heterocycles. The average Bonchev–Trinajstić information content (AvgIpc) is 3.50. The molecule has 3 rings (SSSR count). The minimum Gasteiger partial charge on any atom is -0.461 e. The Morgan fingerprint density at radius 2 is 1.52 bits per heavy atom. The fraction of sp³-hybridized carbons (Fsp3) is 0.417. The van der Waals surface area contributed by atoms with Gasteiger partial charge in [-0.05, 0) is 30.9 Å². The number of nitrogens with one attached hydrogen (secondary N) is 1. The van der Waals surface area contributed by atoms with E-state index in [4.69, 9.17) is 4.74 Å². The fourth-order valence-corrected chi connectivity index (χ4v) is 3.56. The molecule has 2 atom stereocenters. The summed E-state index contributed by atoms with van der Waals surface area (Å²) in [5, 5.41) is 3.07. The van der Waals surface area contributed by atoms with Crippen molar-refractivity contribution in [1.82, 2.24) is 10.2 Å². The van der Waals surface area contributed by atoms with Crippen LogP contribution >= 0.6 is 0 Å². The van der Waals surface area contributed by atoms with Crippen LogP contribution in [0.25, 0.3) is 0 Å². The second-order valence-electron chi connectivity index (χ2n) is 7.80. The van der Waals surface area contributed by atoms with Gasteiger partial charge in [-0.15, -0.1) is 0 Å². The van der Waals surface area contributed by atoms with Crippen LogP contribution in [0.5, 0.6) is 0 Å². The first-order chi connectivity index (χ1) is 14.0. The Morgan fingerprint density at radius 3 is 1.97 bits per heavy atom. The van der Waals surface area contributed by atoms with Crippen molar-refractivity contribution in [3.05, 3.63) is 71.8 Å². The molecule has 0 bridgehead atoms. The van der Waals surface area contributed by atoms with Crippen LogP contribution in [0.2, 0.25) is 0 Å². The summed E-state index contributed by atoms with van der Waals surface area (Å²) in [4.78, 5) is 26.5. The maximum absolute atomic E-state index is 12.6. The highest BCUT2D eigenvalue weighted by Crippen LogP contribution is 2.22. The van der Waals surface area contributed by atoms with Crippen molar-refractivity contribution in [2.45, 2.75) is 64.4 Å². The Morgan fingerprint density at radius 1 is 1.00 bits per heavy atom. The summed E-state index contributed by atoms with van der Waals surface area (Å²) in [7, 11) is 0. The molecule has 1 N–H and O–H groups in total. The monoisotopic (exact) mass is 394 g/mol. The van der Waals surface area contributed by atoms with Crippen LogP contribution in [0.1, 0.15) is 44.2 Å². The highest BCUT2D eigenvalue weighted by molar-refractivity contribution is 5.77. The van der Waals surface area contributed by atoms with Gasteiger partial charge in [0.15, 0.2) is 0 Å². The van der Waals surface area contributed by atoms with Crippen molar-refractivity contribution in [2.75, 3.05) is 0 Å². The van der Waals surface area contributed by atoms with Gasteiger partial charge in [-0.25, -0.2) is 0 Å². The highest BCUT2D eigenvalue weighted by atomic mass is 16.5. The molecule has 1 saturated carbocycles. The number of nitrogens with zero attached hydrogens (tertiary/aromatic N) is 1. The number of hydrogen-bond donors (Lipinski definition) is 1. The summed E-state index contributed by atoms with van der Waals surface area (Å²) in [6.45, 7) is 4.63. The van der Waals surface area contributed by atoms with Crippen LogP contribution < -0.4 is 5.32 Å². The van der Waals surface area contributed by atoms with Gasteiger partial charge in [0.1, 0.15) is 6.10 Å². The summed E-state index contributed by atoms with van der Waals surface area (Å²) in [5.74, 6) is -0.313. The van der Waals surface area contributed by atoms with Crippen molar-refractivity contribution in [3.8, 4) is 0 Å². The predicted octanol–water partition coefficient (Wildman–Crippen LogP) is 3.68. The van der Waals surface area contributed by atoms with Crippen molar-refractivity contribution < 1.29 is 14.3 Å². The van der Waals surface area contributed by atoms with Gasteiger partial charge in [-0.1, -0.05) is 60.7 Å². The van der Waals surface area contributed by atoms with E-state index in [1.54, 1.807) is 0 Å². The summed E-state index contributed by atoms with van der Waals surface area (Å²) < 4.78 is 5.53. The Balaban J connectivity index is 1.83. The first kappa shape index (κ1) is 21.1. The van der Waals surface area contributed by atoms with Gasteiger partial charge < -0.3 is 10.1 Å². The van der Waals surface area contributed by atoms with Crippen molar-refractivity contribution in [3.63, 3.8) is 0 Å². The number of ether oxygens (including phenoxy) is 1. The molecule has 2 aromatic rings. The molecular weight excluding hydrogens is 364 g/mol. The van der Waals surface area contributed by atoms with E-state index >= 15 is 0 Å². The molecule has 0 spiro atoms. The minimum atomic E-state index is -0.398. The quantitative estimate of drug-likeness (QED) is 0.625. The van der Waals surface area contributed by atoms with Crippen molar-refractivity contribution in [1.29, 1.82) is 0 Å². The van der Waals surface area contributed by atoms with Gasteiger partial charge in [-0.2, -0.15) is 0 Å². The van der Waals surface area contributed by atoms with Gasteiger partial charge in [-0.3, -0.25) is 14.5 Å². The maximum atomic E-state index is 12.6. The molecular formula is C24H30N2O3. The van der Waals surface area contributed by atoms with Crippen LogP contribution in [-0.4, -0.2) is 35.0 Å². The van der Waals surface area contributed by atoms with E-state index in [0.29, 0.717) is 25.6 Å². The zero-order valence-corrected chi connectivity index (χ0v) is 17.2. The largest absolute Gasteiger partial charge is 0.461 e. The Kier molecular flexibility index (Phi) is 7.42. The summed E-state index contributed by atoms with van der Waals surface area (Å²) in [6.07, 6.45) is 2.00. The molecule has 1 aliphatic rings. The van der Waals surface area contributed by atoms with Crippen LogP contribution in [0.15, 0.2) is 60.7 Å². The molecule has 2 aromatic carbocycles. The van der Waals surface area contributed by atoms with E-state index in [1.807, 2.05) is 43.3 Å². The summed E-state index contributed by atoms with van der Waals surface area (Å²) in [5.41, 5.74) is 2.32. The number of amides is 1. The molecule has 0 heterocycles. The number of carbonyl (C=O) groups is 2. The first-order valence-corrected chi connectivity index (χ1v) is 10.3. The SMILES string of the molecule is CC(=O)O[C@@H](C)[C@@H](CC(=O)NC1CC1)N(Cc1ccccc1)Cc1ccccc1. The number of hydrogen-bond acceptors (Lipinski definition) is 4. The predicted molar refractivity (Wildman–Crippen MR) is 113 cm³/mol. The van der Waals surface area contributed by atoms with Crippen LogP contribution in [0.3, 0.4) is 0 Å². The Labute approximate surface area is 173 Å². The molecule has 29 heavy (non-hydrogen) atoms. The smallest absolute Gasteiger partial charge is 0.302 e. The zero-order valence-electron chi connectivity index (χ0n) is 17.2. The fourth-order valence-electron chi connectivity index (χ4n) is 3.56. The number of rotatable bonds is 10. The van der Waals surface area contributed by atoms with E-state index in [9.17, 15) is 9.59 Å². The molecule has 1 aliphatic carbocycles. The van der Waals surface area contributed by atoms with Crippen LogP contribution in [0, 0.1) is 0 Å². The Hall–Kier alpha value is -2.66. The van der Waals surface area contributed by atoms with E-state index in [0.717, 1.165) is 24.0 Å². The molecule has 0 unspecified atom stereocenters. The Bertz CT molecular complexity index is 749. The molecule has 1 fully saturated rings. The van der Waals surface area contributed by atoms with E-state index < -0.39 is 6.10 Å². The molecule has 0 aromatic heterocycles. The average molecular weight is 395 g/mol. The van der Waals surface area contributed by atoms with Crippen LogP contribution in [-0.2, 0) is 27.4 Å². The molecule has 0 radical (unpaired) electrons. The minimum absolute atomic E-state index is 0.0163. The van der Waals surface area contributed by atoms with Crippen molar-refractivity contribution >= 4 is 11.9 Å². The van der Waals surface area contributed by atoms with E-state index in [-0.39, 0.29) is 17.9 Å². The van der Waals surface area contributed by atoms with Crippen LogP contribution in [0.4, 0.5) is 0 Å². The normalized spacial score (nSPS) is 15.6. The van der Waals surface area contributed by atoms with Gasteiger partial charge >= 0.3 is 5.97 Å². The molecule has 154 valence electrons. The summed E-state index contributed by atoms with van der Waals surface area (Å²) >= 11 is 0. The second kappa shape index (κ2) is 10.2. The van der Waals surface area contributed by atoms with Crippen molar-refractivity contribution in [2.24, 2.45) is 0 Å². The topological polar surface area (TPSA) is 58.6 Å². The lowest BCUT2D eigenvalue weighted by Gasteiger charge is -2.35. The molecule has 5 nitrogen and oxygen atoms in total. The first-order valence-electron chi connectivity index (χ1n) is 10.3. The number of carbonyl (C=O) groups excluding carboxylic acids is 2. The van der Waals surface area contributed by atoms with Gasteiger partial charge in [0, 0.05) is 32.5 Å². The summed E-state index contributed by atoms with van der Waals surface area (Å²) in [6, 6.07) is 20.4. The lowest BCUT2D eigenvalue weighted by molar-refractivity contribution is -0.150.